The Labute approximate surface area is 77.0 Å². The highest BCUT2D eigenvalue weighted by atomic mass is 16.4. The van der Waals surface area contributed by atoms with Gasteiger partial charge in [0.25, 0.3) is 6.92 Å². The first-order valence-electron chi connectivity index (χ1n) is 5.05. The van der Waals surface area contributed by atoms with Crippen molar-refractivity contribution >= 4 is 6.92 Å². The van der Waals surface area contributed by atoms with Gasteiger partial charge in [-0.2, -0.15) is 0 Å². The zero-order chi connectivity index (χ0) is 9.35. The van der Waals surface area contributed by atoms with Gasteiger partial charge in [0.15, 0.2) is 0 Å². The molecule has 0 radical (unpaired) electrons. The molecule has 1 fully saturated rings. The van der Waals surface area contributed by atoms with Gasteiger partial charge in [-0.3, -0.25) is 0 Å². The zero-order valence-electron chi connectivity index (χ0n) is 9.05. The number of rotatable bonds is 0. The molecule has 2 atom stereocenters. The van der Waals surface area contributed by atoms with Crippen LogP contribution in [0.25, 0.3) is 0 Å². The molecule has 0 aliphatic carbocycles. The van der Waals surface area contributed by atoms with E-state index in [0.29, 0.717) is 18.3 Å². The minimum atomic E-state index is 0.308. The zero-order valence-corrected chi connectivity index (χ0v) is 9.05. The summed E-state index contributed by atoms with van der Waals surface area (Å²) in [5.74, 6) is 0.831. The largest absolute Gasteiger partial charge is 0.433 e. The summed E-state index contributed by atoms with van der Waals surface area (Å²) in [6.07, 6.45) is 2.92. The fraction of sp³-hybridized carbons (Fsp3) is 1.00. The highest BCUT2D eigenvalue weighted by Gasteiger charge is 2.36. The summed E-state index contributed by atoms with van der Waals surface area (Å²) in [6, 6.07) is 0. The predicted molar refractivity (Wildman–Crippen MR) is 54.6 cm³/mol. The minimum Gasteiger partial charge on any atom is -0.433 e. The summed E-state index contributed by atoms with van der Waals surface area (Å²) < 4.78 is 5.92. The summed E-state index contributed by atoms with van der Waals surface area (Å²) in [7, 11) is 0. The lowest BCUT2D eigenvalue weighted by atomic mass is 9.43. The first-order valence-corrected chi connectivity index (χ1v) is 5.05. The van der Waals surface area contributed by atoms with Crippen molar-refractivity contribution in [2.45, 2.75) is 58.8 Å². The SMILES string of the molecule is CC1CB(C(C)(C)C)OC(C)C1. The summed E-state index contributed by atoms with van der Waals surface area (Å²) >= 11 is 0. The van der Waals surface area contributed by atoms with Crippen LogP contribution < -0.4 is 0 Å². The van der Waals surface area contributed by atoms with Gasteiger partial charge in [0.05, 0.1) is 0 Å². The monoisotopic (exact) mass is 168 g/mol. The Hall–Kier alpha value is 0.0249. The Morgan fingerprint density at radius 2 is 1.83 bits per heavy atom. The molecule has 0 saturated carbocycles. The van der Waals surface area contributed by atoms with Crippen molar-refractivity contribution in [3.05, 3.63) is 0 Å². The predicted octanol–water partition coefficient (Wildman–Crippen LogP) is 3.22. The maximum atomic E-state index is 5.92. The van der Waals surface area contributed by atoms with Gasteiger partial charge in [0.1, 0.15) is 0 Å². The fourth-order valence-electron chi connectivity index (χ4n) is 1.98. The van der Waals surface area contributed by atoms with Crippen LogP contribution in [-0.4, -0.2) is 13.0 Å². The maximum Gasteiger partial charge on any atom is 0.299 e. The van der Waals surface area contributed by atoms with E-state index < -0.39 is 0 Å². The lowest BCUT2D eigenvalue weighted by molar-refractivity contribution is 0.154. The maximum absolute atomic E-state index is 5.92. The van der Waals surface area contributed by atoms with E-state index in [2.05, 4.69) is 34.6 Å². The van der Waals surface area contributed by atoms with E-state index in [4.69, 9.17) is 4.65 Å². The van der Waals surface area contributed by atoms with Gasteiger partial charge in [-0.05, 0) is 30.9 Å². The third kappa shape index (κ3) is 2.51. The molecule has 70 valence electrons. The summed E-state index contributed by atoms with van der Waals surface area (Å²) in [5, 5.41) is 0.308. The molecule has 1 heterocycles. The third-order valence-corrected chi connectivity index (χ3v) is 2.71. The average molecular weight is 168 g/mol. The molecular formula is C10H21BO. The Morgan fingerprint density at radius 3 is 2.25 bits per heavy atom. The molecule has 0 spiro atoms. The van der Waals surface area contributed by atoms with Crippen LogP contribution in [0.3, 0.4) is 0 Å². The van der Waals surface area contributed by atoms with Gasteiger partial charge in [-0.25, -0.2) is 0 Å². The number of hydrogen-bond donors (Lipinski definition) is 0. The van der Waals surface area contributed by atoms with E-state index in [1.807, 2.05) is 0 Å². The van der Waals surface area contributed by atoms with Crippen LogP contribution in [0.15, 0.2) is 0 Å². The van der Waals surface area contributed by atoms with Gasteiger partial charge in [-0.15, -0.1) is 0 Å². The van der Waals surface area contributed by atoms with Crippen molar-refractivity contribution in [1.29, 1.82) is 0 Å². The molecule has 0 bridgehead atoms. The normalized spacial score (nSPS) is 32.2. The van der Waals surface area contributed by atoms with Crippen LogP contribution in [0.5, 0.6) is 0 Å². The van der Waals surface area contributed by atoms with E-state index in [9.17, 15) is 0 Å². The van der Waals surface area contributed by atoms with Crippen LogP contribution in [0.1, 0.15) is 41.0 Å². The molecule has 1 aliphatic rings. The van der Waals surface area contributed by atoms with Crippen molar-refractivity contribution in [2.24, 2.45) is 5.92 Å². The quantitative estimate of drug-likeness (QED) is 0.504. The van der Waals surface area contributed by atoms with Crippen LogP contribution in [0, 0.1) is 5.92 Å². The molecule has 0 aromatic carbocycles. The van der Waals surface area contributed by atoms with Gasteiger partial charge < -0.3 is 4.65 Å². The second kappa shape index (κ2) is 3.41. The lowest BCUT2D eigenvalue weighted by Crippen LogP contribution is -2.39. The molecule has 2 unspecified atom stereocenters. The fourth-order valence-corrected chi connectivity index (χ4v) is 1.98. The van der Waals surface area contributed by atoms with Crippen LogP contribution in [-0.2, 0) is 4.65 Å². The van der Waals surface area contributed by atoms with Gasteiger partial charge in [0.2, 0.25) is 0 Å². The highest BCUT2D eigenvalue weighted by Crippen LogP contribution is 2.37. The Balaban J connectivity index is 2.55. The summed E-state index contributed by atoms with van der Waals surface area (Å²) in [6.45, 7) is 11.8. The highest BCUT2D eigenvalue weighted by molar-refractivity contribution is 6.55. The minimum absolute atomic E-state index is 0.308. The molecule has 0 N–H and O–H groups in total. The second-order valence-corrected chi connectivity index (χ2v) is 5.38. The first kappa shape index (κ1) is 10.1. The van der Waals surface area contributed by atoms with Crippen molar-refractivity contribution < 1.29 is 4.65 Å². The van der Waals surface area contributed by atoms with E-state index in [1.165, 1.54) is 12.7 Å². The molecule has 1 rings (SSSR count). The number of hydrogen-bond acceptors (Lipinski definition) is 1. The van der Waals surface area contributed by atoms with Crippen molar-refractivity contribution in [3.63, 3.8) is 0 Å². The molecule has 12 heavy (non-hydrogen) atoms. The van der Waals surface area contributed by atoms with E-state index in [1.54, 1.807) is 0 Å². The van der Waals surface area contributed by atoms with Gasteiger partial charge >= 0.3 is 0 Å². The standard InChI is InChI=1S/C10H21BO/c1-8-6-9(2)12-11(7-8)10(3,4)5/h8-9H,6-7H2,1-5H3. The Bertz CT molecular complexity index is 140. The van der Waals surface area contributed by atoms with E-state index in [-0.39, 0.29) is 0 Å². The lowest BCUT2D eigenvalue weighted by Gasteiger charge is -2.37. The molecular weight excluding hydrogens is 147 g/mol. The Kier molecular flexibility index (Phi) is 2.87. The van der Waals surface area contributed by atoms with Gasteiger partial charge in [0, 0.05) is 6.10 Å². The van der Waals surface area contributed by atoms with Crippen LogP contribution in [0.4, 0.5) is 0 Å². The van der Waals surface area contributed by atoms with Crippen molar-refractivity contribution in [3.8, 4) is 0 Å². The topological polar surface area (TPSA) is 9.23 Å². The molecule has 1 saturated heterocycles. The first-order chi connectivity index (χ1) is 5.39. The van der Waals surface area contributed by atoms with E-state index >= 15 is 0 Å². The van der Waals surface area contributed by atoms with Crippen LogP contribution >= 0.6 is 0 Å². The Morgan fingerprint density at radius 1 is 1.25 bits per heavy atom. The average Bonchev–Trinajstić information content (AvgIpc) is 1.82. The van der Waals surface area contributed by atoms with Crippen molar-refractivity contribution in [2.75, 3.05) is 0 Å². The van der Waals surface area contributed by atoms with Crippen LogP contribution in [0.2, 0.25) is 11.6 Å². The smallest absolute Gasteiger partial charge is 0.299 e. The summed E-state index contributed by atoms with van der Waals surface area (Å²) in [5.41, 5.74) is 0. The van der Waals surface area contributed by atoms with Gasteiger partial charge in [-0.1, -0.05) is 27.7 Å². The molecule has 1 nitrogen and oxygen atoms in total. The van der Waals surface area contributed by atoms with E-state index in [0.717, 1.165) is 5.92 Å². The molecule has 0 amide bonds. The summed E-state index contributed by atoms with van der Waals surface area (Å²) in [4.78, 5) is 0. The molecule has 1 aliphatic heterocycles. The second-order valence-electron chi connectivity index (χ2n) is 5.38. The molecule has 0 aromatic rings. The third-order valence-electron chi connectivity index (χ3n) is 2.71. The molecule has 0 aromatic heterocycles. The molecule has 2 heteroatoms. The van der Waals surface area contributed by atoms with Crippen molar-refractivity contribution in [1.82, 2.24) is 0 Å².